The quantitative estimate of drug-likeness (QED) is 0.505. The van der Waals surface area contributed by atoms with E-state index in [4.69, 9.17) is 4.74 Å². The van der Waals surface area contributed by atoms with E-state index in [9.17, 15) is 9.59 Å². The number of carbonyl (C=O) groups excluding carboxylic acids is 2. The Bertz CT molecular complexity index is 873. The Kier molecular flexibility index (Phi) is 6.70. The Hall–Kier alpha value is -3.08. The molecule has 3 atom stereocenters. The number of urea groups is 1. The number of benzene rings is 2. The normalized spacial score (nSPS) is 21.3. The third-order valence-electron chi connectivity index (χ3n) is 6.34. The summed E-state index contributed by atoms with van der Waals surface area (Å²) < 4.78 is 4.99. The maximum Gasteiger partial charge on any atom is 0.325 e. The molecule has 5 heteroatoms. The average molecular weight is 419 g/mol. The lowest BCUT2D eigenvalue weighted by molar-refractivity contribution is -0.141. The van der Waals surface area contributed by atoms with Gasteiger partial charge in [-0.05, 0) is 48.6 Å². The van der Waals surface area contributed by atoms with Crippen LogP contribution in [-0.2, 0) is 9.53 Å². The molecular weight excluding hydrogens is 388 g/mol. The van der Waals surface area contributed by atoms with Crippen molar-refractivity contribution in [2.45, 2.75) is 25.8 Å². The molecule has 2 aliphatic rings. The van der Waals surface area contributed by atoms with Gasteiger partial charge in [-0.15, -0.1) is 0 Å². The van der Waals surface area contributed by atoms with Gasteiger partial charge in [-0.2, -0.15) is 0 Å². The second kappa shape index (κ2) is 9.82. The first-order valence-corrected chi connectivity index (χ1v) is 11.1. The van der Waals surface area contributed by atoms with Crippen LogP contribution in [0.15, 0.2) is 72.8 Å². The molecule has 2 aromatic carbocycles. The molecule has 0 aromatic heterocycles. The number of esters is 1. The number of nitrogens with one attached hydrogen (secondary N) is 1. The third kappa shape index (κ3) is 4.98. The molecule has 3 unspecified atom stereocenters. The number of allylic oxidation sites excluding steroid dienone is 2. The van der Waals surface area contributed by atoms with E-state index in [1.165, 1.54) is 6.42 Å². The van der Waals surface area contributed by atoms with Gasteiger partial charge >= 0.3 is 12.0 Å². The van der Waals surface area contributed by atoms with Crippen molar-refractivity contribution in [3.05, 3.63) is 83.9 Å². The molecule has 4 rings (SSSR count). The average Bonchev–Trinajstić information content (AvgIpc) is 3.42. The second-order valence-electron chi connectivity index (χ2n) is 8.38. The van der Waals surface area contributed by atoms with E-state index in [1.54, 1.807) is 6.92 Å². The van der Waals surface area contributed by atoms with Crippen molar-refractivity contribution < 1.29 is 14.3 Å². The lowest BCUT2D eigenvalue weighted by Crippen LogP contribution is -2.47. The number of nitrogens with zero attached hydrogens (tertiary/aromatic N) is 1. The van der Waals surface area contributed by atoms with Gasteiger partial charge in [0.1, 0.15) is 6.54 Å². The molecule has 0 radical (unpaired) electrons. The fraction of sp³-hybridized carbons (Fsp3) is 0.385. The highest BCUT2D eigenvalue weighted by Gasteiger charge is 2.39. The molecule has 0 spiro atoms. The van der Waals surface area contributed by atoms with Gasteiger partial charge in [-0.3, -0.25) is 4.79 Å². The summed E-state index contributed by atoms with van der Waals surface area (Å²) in [5, 5.41) is 2.80. The fourth-order valence-corrected chi connectivity index (χ4v) is 4.95. The van der Waals surface area contributed by atoms with E-state index in [2.05, 4.69) is 41.7 Å². The highest BCUT2D eigenvalue weighted by atomic mass is 16.5. The Morgan fingerprint density at radius 1 is 1.00 bits per heavy atom. The Balaban J connectivity index is 1.63. The van der Waals surface area contributed by atoms with Crippen LogP contribution in [0.25, 0.3) is 0 Å². The number of hydrogen-bond acceptors (Lipinski definition) is 3. The molecule has 1 fully saturated rings. The molecule has 0 heterocycles. The predicted octanol–water partition coefficient (Wildman–Crippen LogP) is 4.56. The number of rotatable bonds is 8. The summed E-state index contributed by atoms with van der Waals surface area (Å²) in [4.78, 5) is 27.2. The van der Waals surface area contributed by atoms with E-state index in [-0.39, 0.29) is 18.6 Å². The smallest absolute Gasteiger partial charge is 0.325 e. The Morgan fingerprint density at radius 2 is 1.65 bits per heavy atom. The molecule has 5 nitrogen and oxygen atoms in total. The van der Waals surface area contributed by atoms with Crippen LogP contribution >= 0.6 is 0 Å². The highest BCUT2D eigenvalue weighted by Crippen LogP contribution is 2.44. The van der Waals surface area contributed by atoms with Crippen LogP contribution < -0.4 is 5.32 Å². The molecule has 31 heavy (non-hydrogen) atoms. The van der Waals surface area contributed by atoms with Crippen LogP contribution in [-0.4, -0.2) is 36.6 Å². The van der Waals surface area contributed by atoms with E-state index < -0.39 is 5.97 Å². The van der Waals surface area contributed by atoms with E-state index in [0.717, 1.165) is 17.5 Å². The van der Waals surface area contributed by atoms with Crippen molar-refractivity contribution in [1.82, 2.24) is 10.2 Å². The maximum atomic E-state index is 13.4. The largest absolute Gasteiger partial charge is 0.465 e. The molecular formula is C26H30N2O3. The van der Waals surface area contributed by atoms with Gasteiger partial charge in [0.2, 0.25) is 0 Å². The topological polar surface area (TPSA) is 58.6 Å². The fourth-order valence-electron chi connectivity index (χ4n) is 4.95. The summed E-state index contributed by atoms with van der Waals surface area (Å²) in [6.07, 6.45) is 6.93. The minimum Gasteiger partial charge on any atom is -0.465 e. The van der Waals surface area contributed by atoms with E-state index in [0.29, 0.717) is 30.9 Å². The molecule has 0 aliphatic heterocycles. The minimum absolute atomic E-state index is 0.129. The first kappa shape index (κ1) is 21.2. The highest BCUT2D eigenvalue weighted by molar-refractivity contribution is 5.81. The summed E-state index contributed by atoms with van der Waals surface area (Å²) in [5.74, 6) is 1.16. The van der Waals surface area contributed by atoms with Crippen molar-refractivity contribution in [2.24, 2.45) is 17.8 Å². The molecule has 2 bridgehead atoms. The zero-order valence-electron chi connectivity index (χ0n) is 17.9. The zero-order chi connectivity index (χ0) is 21.6. The molecule has 1 N–H and O–H groups in total. The van der Waals surface area contributed by atoms with E-state index >= 15 is 0 Å². The van der Waals surface area contributed by atoms with Gasteiger partial charge in [-0.25, -0.2) is 4.79 Å². The molecule has 2 amide bonds. The Morgan fingerprint density at radius 3 is 2.16 bits per heavy atom. The SMILES string of the molecule is CCOC(=O)CNC(=O)N(CC1CC2C=CC1C2)C(c1ccccc1)c1ccccc1. The summed E-state index contributed by atoms with van der Waals surface area (Å²) in [6, 6.07) is 19.7. The van der Waals surface area contributed by atoms with Crippen LogP contribution in [0.4, 0.5) is 4.79 Å². The number of hydrogen-bond donors (Lipinski definition) is 1. The second-order valence-corrected chi connectivity index (χ2v) is 8.38. The van der Waals surface area contributed by atoms with E-state index in [1.807, 2.05) is 41.3 Å². The summed E-state index contributed by atoms with van der Waals surface area (Å²) in [6.45, 7) is 2.58. The first-order chi connectivity index (χ1) is 15.2. The number of carbonyl (C=O) groups is 2. The van der Waals surface area contributed by atoms with Gasteiger partial charge in [0, 0.05) is 6.54 Å². The van der Waals surface area contributed by atoms with Crippen molar-refractivity contribution in [3.8, 4) is 0 Å². The van der Waals surface area contributed by atoms with Gasteiger partial charge in [0.25, 0.3) is 0 Å². The molecule has 2 aromatic rings. The molecule has 162 valence electrons. The standard InChI is InChI=1S/C26H30N2O3/c1-2-31-24(29)17-27-26(30)28(18-23-16-19-13-14-22(23)15-19)25(20-9-5-3-6-10-20)21-11-7-4-8-12-21/h3-14,19,22-23,25H,2,15-18H2,1H3,(H,27,30). The minimum atomic E-state index is -0.422. The van der Waals surface area contributed by atoms with Crippen molar-refractivity contribution >= 4 is 12.0 Å². The lowest BCUT2D eigenvalue weighted by Gasteiger charge is -2.36. The Labute approximate surface area is 184 Å². The number of fused-ring (bicyclic) bond motifs is 2. The van der Waals surface area contributed by atoms with Crippen LogP contribution in [0.1, 0.15) is 36.9 Å². The third-order valence-corrected chi connectivity index (χ3v) is 6.34. The van der Waals surface area contributed by atoms with Crippen LogP contribution in [0.2, 0.25) is 0 Å². The monoisotopic (exact) mass is 418 g/mol. The molecule has 0 saturated heterocycles. The number of ether oxygens (including phenoxy) is 1. The molecule has 2 aliphatic carbocycles. The zero-order valence-corrected chi connectivity index (χ0v) is 17.9. The van der Waals surface area contributed by atoms with Crippen LogP contribution in [0.3, 0.4) is 0 Å². The predicted molar refractivity (Wildman–Crippen MR) is 120 cm³/mol. The van der Waals surface area contributed by atoms with Crippen LogP contribution in [0.5, 0.6) is 0 Å². The molecule has 1 saturated carbocycles. The summed E-state index contributed by atoms with van der Waals surface area (Å²) >= 11 is 0. The van der Waals surface area contributed by atoms with Gasteiger partial charge in [0.15, 0.2) is 0 Å². The first-order valence-electron chi connectivity index (χ1n) is 11.1. The number of amides is 2. The van der Waals surface area contributed by atoms with Gasteiger partial charge in [-0.1, -0.05) is 72.8 Å². The summed E-state index contributed by atoms with van der Waals surface area (Å²) in [5.41, 5.74) is 2.11. The van der Waals surface area contributed by atoms with Crippen LogP contribution in [0, 0.1) is 17.8 Å². The van der Waals surface area contributed by atoms with Crippen molar-refractivity contribution in [1.29, 1.82) is 0 Å². The lowest BCUT2D eigenvalue weighted by atomic mass is 9.90. The van der Waals surface area contributed by atoms with Gasteiger partial charge in [0.05, 0.1) is 12.6 Å². The maximum absolute atomic E-state index is 13.4. The summed E-state index contributed by atoms with van der Waals surface area (Å²) in [7, 11) is 0. The van der Waals surface area contributed by atoms with Gasteiger partial charge < -0.3 is 15.0 Å². The van der Waals surface area contributed by atoms with Crippen molar-refractivity contribution in [3.63, 3.8) is 0 Å². The van der Waals surface area contributed by atoms with Crippen molar-refractivity contribution in [2.75, 3.05) is 19.7 Å².